The van der Waals surface area contributed by atoms with Gasteiger partial charge in [0.1, 0.15) is 0 Å². The number of halogens is 1. The number of nitriles is 1. The SMILES string of the molecule is Cn1nc2ccc(C#N)cc2c1F. The Labute approximate surface area is 74.0 Å². The number of benzene rings is 1. The van der Waals surface area contributed by atoms with E-state index < -0.39 is 5.95 Å². The zero-order valence-electron chi connectivity index (χ0n) is 6.95. The second kappa shape index (κ2) is 2.56. The number of hydrogen-bond acceptors (Lipinski definition) is 2. The zero-order chi connectivity index (χ0) is 9.42. The molecule has 0 bridgehead atoms. The fraction of sp³-hybridized carbons (Fsp3) is 0.111. The quantitative estimate of drug-likeness (QED) is 0.610. The fourth-order valence-electron chi connectivity index (χ4n) is 1.24. The van der Waals surface area contributed by atoms with Gasteiger partial charge in [-0.15, -0.1) is 0 Å². The minimum atomic E-state index is -0.410. The van der Waals surface area contributed by atoms with Crippen LogP contribution >= 0.6 is 0 Å². The molecule has 0 aliphatic carbocycles. The first-order chi connectivity index (χ1) is 6.22. The van der Waals surface area contributed by atoms with E-state index >= 15 is 0 Å². The number of rotatable bonds is 0. The molecule has 64 valence electrons. The molecule has 0 aliphatic rings. The smallest absolute Gasteiger partial charge is 0.219 e. The summed E-state index contributed by atoms with van der Waals surface area (Å²) < 4.78 is 14.4. The highest BCUT2D eigenvalue weighted by Crippen LogP contribution is 2.17. The van der Waals surface area contributed by atoms with Crippen LogP contribution < -0.4 is 0 Å². The van der Waals surface area contributed by atoms with Gasteiger partial charge in [0.25, 0.3) is 0 Å². The van der Waals surface area contributed by atoms with Gasteiger partial charge in [-0.1, -0.05) is 0 Å². The van der Waals surface area contributed by atoms with Crippen LogP contribution in [-0.4, -0.2) is 9.78 Å². The second-order valence-electron chi connectivity index (χ2n) is 2.76. The van der Waals surface area contributed by atoms with Crippen LogP contribution in [0.5, 0.6) is 0 Å². The van der Waals surface area contributed by atoms with Crippen LogP contribution in [-0.2, 0) is 7.05 Å². The molecule has 4 heteroatoms. The lowest BCUT2D eigenvalue weighted by atomic mass is 10.2. The average molecular weight is 175 g/mol. The number of hydrogen-bond donors (Lipinski definition) is 0. The normalized spacial score (nSPS) is 10.2. The van der Waals surface area contributed by atoms with Gasteiger partial charge in [-0.2, -0.15) is 14.8 Å². The Hall–Kier alpha value is -1.89. The molecule has 0 N–H and O–H groups in total. The van der Waals surface area contributed by atoms with Gasteiger partial charge < -0.3 is 0 Å². The summed E-state index contributed by atoms with van der Waals surface area (Å²) >= 11 is 0. The fourth-order valence-corrected chi connectivity index (χ4v) is 1.24. The number of nitrogens with zero attached hydrogens (tertiary/aromatic N) is 3. The monoisotopic (exact) mass is 175 g/mol. The van der Waals surface area contributed by atoms with Crippen molar-refractivity contribution in [2.75, 3.05) is 0 Å². The summed E-state index contributed by atoms with van der Waals surface area (Å²) in [5, 5.41) is 12.9. The van der Waals surface area contributed by atoms with Crippen molar-refractivity contribution in [2.24, 2.45) is 7.05 Å². The van der Waals surface area contributed by atoms with Gasteiger partial charge in [0.05, 0.1) is 22.5 Å². The Balaban J connectivity index is 2.84. The molecule has 0 atom stereocenters. The van der Waals surface area contributed by atoms with Crippen molar-refractivity contribution in [2.45, 2.75) is 0 Å². The lowest BCUT2D eigenvalue weighted by Crippen LogP contribution is -1.92. The predicted molar refractivity (Wildman–Crippen MR) is 45.4 cm³/mol. The van der Waals surface area contributed by atoms with E-state index in [1.807, 2.05) is 6.07 Å². The summed E-state index contributed by atoms with van der Waals surface area (Å²) in [6, 6.07) is 6.71. The highest BCUT2D eigenvalue weighted by atomic mass is 19.1. The maximum absolute atomic E-state index is 13.3. The third kappa shape index (κ3) is 1.05. The van der Waals surface area contributed by atoms with Crippen LogP contribution in [0.25, 0.3) is 10.9 Å². The number of fused-ring (bicyclic) bond motifs is 1. The molecule has 1 heterocycles. The molecule has 0 unspecified atom stereocenters. The van der Waals surface area contributed by atoms with Gasteiger partial charge in [0.2, 0.25) is 5.95 Å². The van der Waals surface area contributed by atoms with Crippen molar-refractivity contribution in [1.82, 2.24) is 9.78 Å². The lowest BCUT2D eigenvalue weighted by Gasteiger charge is -1.88. The summed E-state index contributed by atoms with van der Waals surface area (Å²) in [5.41, 5.74) is 1.01. The first-order valence-electron chi connectivity index (χ1n) is 3.75. The summed E-state index contributed by atoms with van der Waals surface area (Å²) in [5.74, 6) is -0.410. The van der Waals surface area contributed by atoms with Crippen LogP contribution in [0.1, 0.15) is 5.56 Å². The molecule has 0 saturated heterocycles. The van der Waals surface area contributed by atoms with Gasteiger partial charge >= 0.3 is 0 Å². The largest absolute Gasteiger partial charge is 0.242 e. The van der Waals surface area contributed by atoms with E-state index in [2.05, 4.69) is 5.10 Å². The molecule has 0 fully saturated rings. The molecule has 0 aliphatic heterocycles. The first kappa shape index (κ1) is 7.74. The van der Waals surface area contributed by atoms with Crippen molar-refractivity contribution in [3.05, 3.63) is 29.7 Å². The highest BCUT2D eigenvalue weighted by Gasteiger charge is 2.07. The third-order valence-electron chi connectivity index (χ3n) is 1.89. The van der Waals surface area contributed by atoms with Gasteiger partial charge in [-0.05, 0) is 18.2 Å². The predicted octanol–water partition coefficient (Wildman–Crippen LogP) is 1.58. The highest BCUT2D eigenvalue weighted by molar-refractivity contribution is 5.80. The lowest BCUT2D eigenvalue weighted by molar-refractivity contribution is 0.512. The molecule has 0 radical (unpaired) electrons. The van der Waals surface area contributed by atoms with E-state index in [1.165, 1.54) is 13.1 Å². The maximum Gasteiger partial charge on any atom is 0.219 e. The van der Waals surface area contributed by atoms with Crippen molar-refractivity contribution in [1.29, 1.82) is 5.26 Å². The van der Waals surface area contributed by atoms with Crippen LogP contribution in [0.2, 0.25) is 0 Å². The molecule has 0 saturated carbocycles. The van der Waals surface area contributed by atoms with E-state index in [1.54, 1.807) is 12.1 Å². The van der Waals surface area contributed by atoms with Crippen molar-refractivity contribution >= 4 is 10.9 Å². The Kier molecular flexibility index (Phi) is 1.52. The first-order valence-corrected chi connectivity index (χ1v) is 3.75. The number of aryl methyl sites for hydroxylation is 1. The maximum atomic E-state index is 13.3. The van der Waals surface area contributed by atoms with Crippen molar-refractivity contribution in [3.8, 4) is 6.07 Å². The molecule has 3 nitrogen and oxygen atoms in total. The minimum absolute atomic E-state index is 0.390. The molecule has 2 rings (SSSR count). The van der Waals surface area contributed by atoms with E-state index in [4.69, 9.17) is 5.26 Å². The standard InChI is InChI=1S/C9H6FN3/c1-13-9(10)7-4-6(5-11)2-3-8(7)12-13/h2-4H,1H3. The topological polar surface area (TPSA) is 41.6 Å². The Morgan fingerprint density at radius 2 is 2.31 bits per heavy atom. The molecule has 1 aromatic carbocycles. The Bertz CT molecular complexity index is 507. The van der Waals surface area contributed by atoms with Gasteiger partial charge in [-0.25, -0.2) is 4.68 Å². The van der Waals surface area contributed by atoms with Crippen molar-refractivity contribution < 1.29 is 4.39 Å². The van der Waals surface area contributed by atoms with Gasteiger partial charge in [0.15, 0.2) is 0 Å². The zero-order valence-corrected chi connectivity index (χ0v) is 6.95. The summed E-state index contributed by atoms with van der Waals surface area (Å²) in [6.45, 7) is 0. The van der Waals surface area contributed by atoms with E-state index in [9.17, 15) is 4.39 Å². The molecule has 13 heavy (non-hydrogen) atoms. The van der Waals surface area contributed by atoms with Gasteiger partial charge in [0, 0.05) is 7.05 Å². The number of aromatic nitrogens is 2. The van der Waals surface area contributed by atoms with Crippen LogP contribution in [0, 0.1) is 17.3 Å². The molecule has 1 aromatic heterocycles. The minimum Gasteiger partial charge on any atom is -0.242 e. The van der Waals surface area contributed by atoms with E-state index in [0.717, 1.165) is 4.68 Å². The molecule has 0 spiro atoms. The van der Waals surface area contributed by atoms with Crippen LogP contribution in [0.15, 0.2) is 18.2 Å². The van der Waals surface area contributed by atoms with Crippen LogP contribution in [0.3, 0.4) is 0 Å². The molecule has 2 aromatic rings. The Morgan fingerprint density at radius 3 is 3.00 bits per heavy atom. The summed E-state index contributed by atoms with van der Waals surface area (Å²) in [7, 11) is 1.53. The van der Waals surface area contributed by atoms with Crippen molar-refractivity contribution in [3.63, 3.8) is 0 Å². The average Bonchev–Trinajstić information content (AvgIpc) is 2.43. The second-order valence-corrected chi connectivity index (χ2v) is 2.76. The Morgan fingerprint density at radius 1 is 1.54 bits per heavy atom. The van der Waals surface area contributed by atoms with E-state index in [0.29, 0.717) is 16.5 Å². The molecular weight excluding hydrogens is 169 g/mol. The van der Waals surface area contributed by atoms with Crippen LogP contribution in [0.4, 0.5) is 4.39 Å². The summed E-state index contributed by atoms with van der Waals surface area (Å²) in [6.07, 6.45) is 0. The summed E-state index contributed by atoms with van der Waals surface area (Å²) in [4.78, 5) is 0. The molecular formula is C9H6FN3. The van der Waals surface area contributed by atoms with Gasteiger partial charge in [-0.3, -0.25) is 0 Å². The molecule has 0 amide bonds. The third-order valence-corrected chi connectivity index (χ3v) is 1.89. The van der Waals surface area contributed by atoms with E-state index in [-0.39, 0.29) is 0 Å².